The van der Waals surface area contributed by atoms with Gasteiger partial charge in [0.1, 0.15) is 5.82 Å². The molecule has 1 aromatic carbocycles. The molecule has 0 heterocycles. The van der Waals surface area contributed by atoms with Crippen molar-refractivity contribution in [3.8, 4) is 0 Å². The average molecular weight is 280 g/mol. The van der Waals surface area contributed by atoms with Crippen molar-refractivity contribution in [2.24, 2.45) is 5.84 Å². The van der Waals surface area contributed by atoms with Crippen LogP contribution in [0.2, 0.25) is 0 Å². The highest BCUT2D eigenvalue weighted by atomic mass is 19.1. The van der Waals surface area contributed by atoms with Gasteiger partial charge in [-0.25, -0.2) is 4.39 Å². The minimum absolute atomic E-state index is 0.180. The molecule has 1 aliphatic rings. The third-order valence-electron chi connectivity index (χ3n) is 4.58. The van der Waals surface area contributed by atoms with Crippen LogP contribution in [0.1, 0.15) is 55.7 Å². The second-order valence-electron chi connectivity index (χ2n) is 5.79. The van der Waals surface area contributed by atoms with Gasteiger partial charge in [-0.2, -0.15) is 0 Å². The molecular weight excluding hydrogens is 255 g/mol. The number of benzene rings is 1. The summed E-state index contributed by atoms with van der Waals surface area (Å²) in [4.78, 5) is 0. The molecule has 1 aliphatic carbocycles. The summed E-state index contributed by atoms with van der Waals surface area (Å²) >= 11 is 0. The van der Waals surface area contributed by atoms with Gasteiger partial charge in [0.25, 0.3) is 0 Å². The number of hydrogen-bond acceptors (Lipinski definition) is 3. The van der Waals surface area contributed by atoms with Crippen LogP contribution in [0, 0.1) is 12.7 Å². The number of halogens is 1. The third kappa shape index (κ3) is 3.03. The number of nitrogens with one attached hydrogen (secondary N) is 1. The summed E-state index contributed by atoms with van der Waals surface area (Å²) in [5.41, 5.74) is 4.03. The van der Waals surface area contributed by atoms with Crippen molar-refractivity contribution < 1.29 is 9.13 Å². The Hall–Kier alpha value is -0.970. The first kappa shape index (κ1) is 15.4. The van der Waals surface area contributed by atoms with Gasteiger partial charge in [0.2, 0.25) is 0 Å². The Kier molecular flexibility index (Phi) is 5.13. The van der Waals surface area contributed by atoms with E-state index in [0.29, 0.717) is 5.56 Å². The molecule has 3 N–H and O–H groups in total. The zero-order valence-electron chi connectivity index (χ0n) is 12.4. The lowest BCUT2D eigenvalue weighted by Gasteiger charge is -2.39. The summed E-state index contributed by atoms with van der Waals surface area (Å²) in [5, 5.41) is 0. The Bertz CT molecular complexity index is 442. The Balaban J connectivity index is 2.34. The summed E-state index contributed by atoms with van der Waals surface area (Å²) in [7, 11) is 1.74. The summed E-state index contributed by atoms with van der Waals surface area (Å²) in [5.74, 6) is 5.59. The molecule has 0 radical (unpaired) electrons. The van der Waals surface area contributed by atoms with E-state index in [4.69, 9.17) is 10.6 Å². The molecule has 0 aliphatic heterocycles. The van der Waals surface area contributed by atoms with Crippen molar-refractivity contribution >= 4 is 0 Å². The van der Waals surface area contributed by atoms with E-state index in [9.17, 15) is 4.39 Å². The molecule has 3 nitrogen and oxygen atoms in total. The number of aryl methyl sites for hydroxylation is 1. The van der Waals surface area contributed by atoms with Crippen LogP contribution in [0.15, 0.2) is 18.2 Å². The van der Waals surface area contributed by atoms with E-state index in [2.05, 4.69) is 5.43 Å². The van der Waals surface area contributed by atoms with Crippen LogP contribution in [-0.2, 0) is 4.74 Å². The lowest BCUT2D eigenvalue weighted by Crippen LogP contribution is -2.47. The molecule has 2 rings (SSSR count). The standard InChI is InChI=1S/C16H25FN2O/c1-12-7-8-13(11-14(12)17)15(19-18)16(20-2)9-5-3-4-6-10-16/h7-8,11,15,19H,3-6,9-10,18H2,1-2H3. The Morgan fingerprint density at radius 3 is 2.40 bits per heavy atom. The van der Waals surface area contributed by atoms with Crippen molar-refractivity contribution in [3.05, 3.63) is 35.1 Å². The Morgan fingerprint density at radius 1 is 1.25 bits per heavy atom. The van der Waals surface area contributed by atoms with Gasteiger partial charge in [-0.15, -0.1) is 0 Å². The molecule has 0 spiro atoms. The first-order valence-corrected chi connectivity index (χ1v) is 7.40. The highest BCUT2D eigenvalue weighted by Gasteiger charge is 2.39. The van der Waals surface area contributed by atoms with Crippen molar-refractivity contribution in [2.75, 3.05) is 7.11 Å². The first-order chi connectivity index (χ1) is 9.63. The number of methoxy groups -OCH3 is 1. The summed E-state index contributed by atoms with van der Waals surface area (Å²) in [6, 6.07) is 5.13. The summed E-state index contributed by atoms with van der Waals surface area (Å²) in [6.45, 7) is 1.77. The lowest BCUT2D eigenvalue weighted by atomic mass is 9.82. The van der Waals surface area contributed by atoms with Gasteiger partial charge in [0.05, 0.1) is 11.6 Å². The number of nitrogens with two attached hydrogens (primary N) is 1. The van der Waals surface area contributed by atoms with Crippen molar-refractivity contribution in [1.29, 1.82) is 0 Å². The molecular formula is C16H25FN2O. The minimum Gasteiger partial charge on any atom is -0.376 e. The SMILES string of the molecule is COC1(C(NN)c2ccc(C)c(F)c2)CCCCCC1. The van der Waals surface area contributed by atoms with Gasteiger partial charge >= 0.3 is 0 Å². The van der Waals surface area contributed by atoms with Gasteiger partial charge in [-0.3, -0.25) is 11.3 Å². The highest BCUT2D eigenvalue weighted by Crippen LogP contribution is 2.40. The number of ether oxygens (including phenoxy) is 1. The van der Waals surface area contributed by atoms with Gasteiger partial charge in [0, 0.05) is 7.11 Å². The van der Waals surface area contributed by atoms with Gasteiger partial charge in [-0.1, -0.05) is 37.8 Å². The van der Waals surface area contributed by atoms with Crippen LogP contribution in [0.5, 0.6) is 0 Å². The molecule has 0 aromatic heterocycles. The van der Waals surface area contributed by atoms with Crippen molar-refractivity contribution in [1.82, 2.24) is 5.43 Å². The van der Waals surface area contributed by atoms with E-state index in [-0.39, 0.29) is 17.5 Å². The molecule has 1 saturated carbocycles. The van der Waals surface area contributed by atoms with E-state index >= 15 is 0 Å². The molecule has 0 saturated heterocycles. The molecule has 4 heteroatoms. The smallest absolute Gasteiger partial charge is 0.126 e. The molecule has 1 unspecified atom stereocenters. The van der Waals surface area contributed by atoms with Crippen LogP contribution in [0.25, 0.3) is 0 Å². The second-order valence-corrected chi connectivity index (χ2v) is 5.79. The number of hydrazine groups is 1. The quantitative estimate of drug-likeness (QED) is 0.505. The Morgan fingerprint density at radius 2 is 1.90 bits per heavy atom. The molecule has 1 atom stereocenters. The maximum Gasteiger partial charge on any atom is 0.126 e. The molecule has 1 fully saturated rings. The van der Waals surface area contributed by atoms with E-state index < -0.39 is 0 Å². The second kappa shape index (κ2) is 6.66. The number of rotatable bonds is 4. The van der Waals surface area contributed by atoms with Crippen LogP contribution in [-0.4, -0.2) is 12.7 Å². The van der Waals surface area contributed by atoms with Crippen LogP contribution >= 0.6 is 0 Å². The van der Waals surface area contributed by atoms with Gasteiger partial charge in [0.15, 0.2) is 0 Å². The fraction of sp³-hybridized carbons (Fsp3) is 0.625. The Labute approximate surface area is 120 Å². The fourth-order valence-corrected chi connectivity index (χ4v) is 3.28. The van der Waals surface area contributed by atoms with Crippen LogP contribution in [0.4, 0.5) is 4.39 Å². The predicted molar refractivity (Wildman–Crippen MR) is 78.6 cm³/mol. The topological polar surface area (TPSA) is 47.3 Å². The normalized spacial score (nSPS) is 20.4. The largest absolute Gasteiger partial charge is 0.376 e. The monoisotopic (exact) mass is 280 g/mol. The minimum atomic E-state index is -0.340. The highest BCUT2D eigenvalue weighted by molar-refractivity contribution is 5.28. The number of hydrogen-bond donors (Lipinski definition) is 2. The first-order valence-electron chi connectivity index (χ1n) is 7.40. The average Bonchev–Trinajstić information content (AvgIpc) is 2.70. The van der Waals surface area contributed by atoms with Gasteiger partial charge < -0.3 is 4.74 Å². The molecule has 20 heavy (non-hydrogen) atoms. The maximum atomic E-state index is 13.8. The third-order valence-corrected chi connectivity index (χ3v) is 4.58. The van der Waals surface area contributed by atoms with Crippen molar-refractivity contribution in [3.63, 3.8) is 0 Å². The fourth-order valence-electron chi connectivity index (χ4n) is 3.28. The predicted octanol–water partition coefficient (Wildman–Crippen LogP) is 3.38. The summed E-state index contributed by atoms with van der Waals surface area (Å²) in [6.07, 6.45) is 6.61. The molecule has 0 amide bonds. The van der Waals surface area contributed by atoms with Gasteiger partial charge in [-0.05, 0) is 37.0 Å². The zero-order valence-corrected chi connectivity index (χ0v) is 12.4. The van der Waals surface area contributed by atoms with E-state index in [1.807, 2.05) is 6.07 Å². The van der Waals surface area contributed by atoms with E-state index in [0.717, 1.165) is 31.2 Å². The van der Waals surface area contributed by atoms with E-state index in [1.54, 1.807) is 26.2 Å². The molecule has 112 valence electrons. The maximum absolute atomic E-state index is 13.8. The molecule has 1 aromatic rings. The van der Waals surface area contributed by atoms with Crippen LogP contribution < -0.4 is 11.3 Å². The lowest BCUT2D eigenvalue weighted by molar-refractivity contribution is -0.0541. The summed E-state index contributed by atoms with van der Waals surface area (Å²) < 4.78 is 19.7. The van der Waals surface area contributed by atoms with Crippen LogP contribution in [0.3, 0.4) is 0 Å². The van der Waals surface area contributed by atoms with E-state index in [1.165, 1.54) is 12.8 Å². The zero-order chi connectivity index (χ0) is 14.6. The van der Waals surface area contributed by atoms with Crippen molar-refractivity contribution in [2.45, 2.75) is 57.1 Å². The molecule has 0 bridgehead atoms.